The van der Waals surface area contributed by atoms with E-state index in [2.05, 4.69) is 15.3 Å². The number of benzene rings is 1. The van der Waals surface area contributed by atoms with Crippen LogP contribution in [0.15, 0.2) is 51.9 Å². The SMILES string of the molecule is Cc1c(C(=O)NCCSCc2ccccc2F)sc2nc(-c3ccco3)[nH]c(=O)c12. The molecule has 2 N–H and O–H groups in total. The quantitative estimate of drug-likeness (QED) is 0.415. The molecular weight excluding hydrogens is 425 g/mol. The second-order valence-electron chi connectivity index (χ2n) is 6.53. The molecule has 0 radical (unpaired) electrons. The highest BCUT2D eigenvalue weighted by molar-refractivity contribution is 7.98. The summed E-state index contributed by atoms with van der Waals surface area (Å²) in [6.45, 7) is 2.18. The maximum Gasteiger partial charge on any atom is 0.261 e. The number of thiophene rings is 1. The highest BCUT2D eigenvalue weighted by Gasteiger charge is 2.20. The lowest BCUT2D eigenvalue weighted by Gasteiger charge is -2.05. The lowest BCUT2D eigenvalue weighted by molar-refractivity contribution is 0.0959. The number of rotatable bonds is 7. The molecule has 0 fully saturated rings. The zero-order chi connectivity index (χ0) is 21.1. The smallest absolute Gasteiger partial charge is 0.261 e. The van der Waals surface area contributed by atoms with Gasteiger partial charge in [0.1, 0.15) is 10.6 Å². The maximum atomic E-state index is 13.6. The summed E-state index contributed by atoms with van der Waals surface area (Å²) in [5, 5.41) is 3.27. The summed E-state index contributed by atoms with van der Waals surface area (Å²) < 4.78 is 18.9. The molecule has 0 spiro atoms. The Morgan fingerprint density at radius 1 is 1.30 bits per heavy atom. The first-order valence-corrected chi connectivity index (χ1v) is 11.2. The fraction of sp³-hybridized carbons (Fsp3) is 0.190. The fourth-order valence-corrected chi connectivity index (χ4v) is 4.95. The van der Waals surface area contributed by atoms with Crippen LogP contribution in [0.5, 0.6) is 0 Å². The van der Waals surface area contributed by atoms with E-state index in [0.717, 1.165) is 0 Å². The molecule has 4 rings (SSSR count). The number of carbonyl (C=O) groups is 1. The summed E-state index contributed by atoms with van der Waals surface area (Å²) in [6.07, 6.45) is 1.50. The van der Waals surface area contributed by atoms with E-state index < -0.39 is 0 Å². The number of fused-ring (bicyclic) bond motifs is 1. The minimum absolute atomic E-state index is 0.221. The number of nitrogens with one attached hydrogen (secondary N) is 2. The first-order valence-electron chi connectivity index (χ1n) is 9.21. The van der Waals surface area contributed by atoms with Crippen molar-refractivity contribution >= 4 is 39.2 Å². The largest absolute Gasteiger partial charge is 0.461 e. The molecular formula is C21H18FN3O3S2. The number of aromatic amines is 1. The van der Waals surface area contributed by atoms with E-state index in [-0.39, 0.29) is 17.3 Å². The minimum Gasteiger partial charge on any atom is -0.461 e. The summed E-state index contributed by atoms with van der Waals surface area (Å²) >= 11 is 2.72. The molecule has 0 atom stereocenters. The van der Waals surface area contributed by atoms with Crippen LogP contribution in [-0.2, 0) is 5.75 Å². The summed E-state index contributed by atoms with van der Waals surface area (Å²) in [5.74, 6) is 1.50. The number of thioether (sulfide) groups is 1. The third kappa shape index (κ3) is 4.17. The molecule has 0 saturated heterocycles. The van der Waals surface area contributed by atoms with E-state index in [4.69, 9.17) is 4.42 Å². The van der Waals surface area contributed by atoms with Crippen LogP contribution in [0.4, 0.5) is 4.39 Å². The Labute approximate surface area is 179 Å². The van der Waals surface area contributed by atoms with E-state index in [9.17, 15) is 14.0 Å². The Hall–Kier alpha value is -2.91. The summed E-state index contributed by atoms with van der Waals surface area (Å²) in [4.78, 5) is 33.2. The highest BCUT2D eigenvalue weighted by Crippen LogP contribution is 2.28. The predicted octanol–water partition coefficient (Wildman–Crippen LogP) is 4.36. The lowest BCUT2D eigenvalue weighted by Crippen LogP contribution is -2.25. The average molecular weight is 444 g/mol. The molecule has 0 aliphatic carbocycles. The predicted molar refractivity (Wildman–Crippen MR) is 118 cm³/mol. The fourth-order valence-electron chi connectivity index (χ4n) is 3.01. The third-order valence-corrected chi connectivity index (χ3v) is 6.70. The number of amides is 1. The average Bonchev–Trinajstić information content (AvgIpc) is 3.37. The number of nitrogens with zero attached hydrogens (tertiary/aromatic N) is 1. The van der Waals surface area contributed by atoms with Gasteiger partial charge in [-0.3, -0.25) is 9.59 Å². The number of H-pyrrole nitrogens is 1. The zero-order valence-electron chi connectivity index (χ0n) is 16.0. The van der Waals surface area contributed by atoms with Crippen LogP contribution in [0, 0.1) is 12.7 Å². The van der Waals surface area contributed by atoms with Crippen molar-refractivity contribution in [3.63, 3.8) is 0 Å². The molecule has 0 unspecified atom stereocenters. The Morgan fingerprint density at radius 2 is 2.13 bits per heavy atom. The first-order chi connectivity index (χ1) is 14.5. The van der Waals surface area contributed by atoms with Gasteiger partial charge in [-0.05, 0) is 36.2 Å². The van der Waals surface area contributed by atoms with Gasteiger partial charge in [0.05, 0.1) is 16.5 Å². The number of aromatic nitrogens is 2. The van der Waals surface area contributed by atoms with Crippen molar-refractivity contribution in [3.05, 3.63) is 74.8 Å². The van der Waals surface area contributed by atoms with Gasteiger partial charge in [-0.1, -0.05) is 18.2 Å². The Morgan fingerprint density at radius 3 is 2.90 bits per heavy atom. The number of carbonyl (C=O) groups excluding carboxylic acids is 1. The first kappa shape index (κ1) is 20.4. The van der Waals surface area contributed by atoms with Gasteiger partial charge in [0.2, 0.25) is 0 Å². The zero-order valence-corrected chi connectivity index (χ0v) is 17.7. The Kier molecular flexibility index (Phi) is 6.01. The van der Waals surface area contributed by atoms with Crippen molar-refractivity contribution in [1.82, 2.24) is 15.3 Å². The molecule has 3 aromatic heterocycles. The van der Waals surface area contributed by atoms with Crippen molar-refractivity contribution in [2.75, 3.05) is 12.3 Å². The normalized spacial score (nSPS) is 11.1. The summed E-state index contributed by atoms with van der Waals surface area (Å²) in [6, 6.07) is 10.1. The topological polar surface area (TPSA) is 88.0 Å². The molecule has 0 aliphatic heterocycles. The van der Waals surface area contributed by atoms with Gasteiger partial charge in [-0.25, -0.2) is 9.37 Å². The molecule has 0 aliphatic rings. The van der Waals surface area contributed by atoms with Crippen molar-refractivity contribution < 1.29 is 13.6 Å². The molecule has 154 valence electrons. The van der Waals surface area contributed by atoms with Crippen molar-refractivity contribution in [3.8, 4) is 11.6 Å². The highest BCUT2D eigenvalue weighted by atomic mass is 32.2. The second kappa shape index (κ2) is 8.85. The molecule has 9 heteroatoms. The van der Waals surface area contributed by atoms with Gasteiger partial charge in [-0.2, -0.15) is 11.8 Å². The molecule has 1 aromatic carbocycles. The van der Waals surface area contributed by atoms with E-state index in [1.807, 2.05) is 0 Å². The Balaban J connectivity index is 1.42. The van der Waals surface area contributed by atoms with Crippen LogP contribution in [0.25, 0.3) is 21.8 Å². The molecule has 4 aromatic rings. The van der Waals surface area contributed by atoms with E-state index >= 15 is 0 Å². The van der Waals surface area contributed by atoms with Crippen LogP contribution in [0.1, 0.15) is 20.8 Å². The van der Waals surface area contributed by atoms with Gasteiger partial charge >= 0.3 is 0 Å². The molecule has 30 heavy (non-hydrogen) atoms. The number of halogens is 1. The van der Waals surface area contributed by atoms with Gasteiger partial charge < -0.3 is 14.7 Å². The van der Waals surface area contributed by atoms with E-state index in [0.29, 0.717) is 55.9 Å². The van der Waals surface area contributed by atoms with Gasteiger partial charge in [0, 0.05) is 18.1 Å². The standard InChI is InChI=1S/C21H18FN3O3S2/c1-12-16-19(26)24-18(15-7-4-9-28-15)25-21(16)30-17(12)20(27)23-8-10-29-11-13-5-2-3-6-14(13)22/h2-7,9H,8,10-11H2,1H3,(H,23,27)(H,24,25,26). The van der Waals surface area contributed by atoms with Crippen LogP contribution in [0.3, 0.4) is 0 Å². The maximum absolute atomic E-state index is 13.6. The second-order valence-corrected chi connectivity index (χ2v) is 8.63. The van der Waals surface area contributed by atoms with Crippen LogP contribution in [0.2, 0.25) is 0 Å². The van der Waals surface area contributed by atoms with Crippen LogP contribution in [-0.4, -0.2) is 28.2 Å². The molecule has 3 heterocycles. The van der Waals surface area contributed by atoms with Crippen molar-refractivity contribution in [1.29, 1.82) is 0 Å². The molecule has 6 nitrogen and oxygen atoms in total. The summed E-state index contributed by atoms with van der Waals surface area (Å²) in [7, 11) is 0. The van der Waals surface area contributed by atoms with Crippen molar-refractivity contribution in [2.24, 2.45) is 0 Å². The monoisotopic (exact) mass is 443 g/mol. The number of aryl methyl sites for hydroxylation is 1. The molecule has 0 bridgehead atoms. The van der Waals surface area contributed by atoms with Crippen molar-refractivity contribution in [2.45, 2.75) is 12.7 Å². The molecule has 0 saturated carbocycles. The van der Waals surface area contributed by atoms with Crippen LogP contribution >= 0.6 is 23.1 Å². The number of hydrogen-bond acceptors (Lipinski definition) is 6. The number of hydrogen-bond donors (Lipinski definition) is 2. The minimum atomic E-state index is -0.306. The van der Waals surface area contributed by atoms with E-state index in [1.54, 1.807) is 49.0 Å². The lowest BCUT2D eigenvalue weighted by atomic mass is 10.2. The Bertz CT molecular complexity index is 1250. The van der Waals surface area contributed by atoms with Gasteiger partial charge in [-0.15, -0.1) is 11.3 Å². The number of furan rings is 1. The molecule has 1 amide bonds. The van der Waals surface area contributed by atoms with Crippen LogP contribution < -0.4 is 10.9 Å². The van der Waals surface area contributed by atoms with E-state index in [1.165, 1.54) is 23.7 Å². The van der Waals surface area contributed by atoms with Gasteiger partial charge in [0.15, 0.2) is 11.6 Å². The van der Waals surface area contributed by atoms with Gasteiger partial charge in [0.25, 0.3) is 11.5 Å². The third-order valence-electron chi connectivity index (χ3n) is 4.51. The summed E-state index contributed by atoms with van der Waals surface area (Å²) in [5.41, 5.74) is 0.942.